The lowest BCUT2D eigenvalue weighted by molar-refractivity contribution is -0.137. The van der Waals surface area contributed by atoms with E-state index in [1.54, 1.807) is 25.1 Å². The SMILES string of the molecule is CN(C)c1ccc(C(F)(F)F)cc1NC(=O)Cc1cccc(F)c1. The van der Waals surface area contributed by atoms with Crippen molar-refractivity contribution in [2.75, 3.05) is 24.3 Å². The number of carbonyl (C=O) groups is 1. The zero-order chi connectivity index (χ0) is 17.9. The number of hydrogen-bond donors (Lipinski definition) is 1. The average Bonchev–Trinajstić information content (AvgIpc) is 2.45. The van der Waals surface area contributed by atoms with Crippen LogP contribution < -0.4 is 10.2 Å². The summed E-state index contributed by atoms with van der Waals surface area (Å²) in [5.41, 5.74) is 0.0758. The van der Waals surface area contributed by atoms with E-state index in [-0.39, 0.29) is 12.1 Å². The number of nitrogens with zero attached hydrogens (tertiary/aromatic N) is 1. The van der Waals surface area contributed by atoms with E-state index in [4.69, 9.17) is 0 Å². The Labute approximate surface area is 136 Å². The maximum Gasteiger partial charge on any atom is 0.416 e. The molecule has 0 aromatic heterocycles. The minimum absolute atomic E-state index is 0.0521. The van der Waals surface area contributed by atoms with E-state index >= 15 is 0 Å². The lowest BCUT2D eigenvalue weighted by atomic mass is 10.1. The number of rotatable bonds is 4. The Hall–Kier alpha value is -2.57. The molecule has 0 radical (unpaired) electrons. The van der Waals surface area contributed by atoms with Gasteiger partial charge in [0.2, 0.25) is 5.91 Å². The van der Waals surface area contributed by atoms with E-state index in [1.807, 2.05) is 0 Å². The number of hydrogen-bond acceptors (Lipinski definition) is 2. The van der Waals surface area contributed by atoms with E-state index in [0.29, 0.717) is 11.3 Å². The molecule has 0 heterocycles. The molecule has 0 atom stereocenters. The quantitative estimate of drug-likeness (QED) is 0.850. The van der Waals surface area contributed by atoms with Crippen molar-refractivity contribution >= 4 is 17.3 Å². The molecular formula is C17H16F4N2O. The summed E-state index contributed by atoms with van der Waals surface area (Å²) in [6.45, 7) is 0. The van der Waals surface area contributed by atoms with E-state index < -0.39 is 23.5 Å². The maximum absolute atomic E-state index is 13.1. The Morgan fingerprint density at radius 1 is 1.12 bits per heavy atom. The van der Waals surface area contributed by atoms with Gasteiger partial charge in [-0.2, -0.15) is 13.2 Å². The van der Waals surface area contributed by atoms with Gasteiger partial charge in [-0.05, 0) is 35.9 Å². The highest BCUT2D eigenvalue weighted by molar-refractivity contribution is 5.95. The number of anilines is 2. The predicted octanol–water partition coefficient (Wildman–Crippen LogP) is 4.09. The summed E-state index contributed by atoms with van der Waals surface area (Å²) in [6.07, 6.45) is -4.65. The van der Waals surface area contributed by atoms with Gasteiger partial charge in [-0.3, -0.25) is 4.79 Å². The van der Waals surface area contributed by atoms with Crippen molar-refractivity contribution in [1.29, 1.82) is 0 Å². The third-order valence-electron chi connectivity index (χ3n) is 3.33. The molecule has 0 spiro atoms. The van der Waals surface area contributed by atoms with Crippen LogP contribution in [0, 0.1) is 5.82 Å². The van der Waals surface area contributed by atoms with E-state index in [1.165, 1.54) is 24.3 Å². The first kappa shape index (κ1) is 17.8. The Kier molecular flexibility index (Phi) is 5.11. The summed E-state index contributed by atoms with van der Waals surface area (Å²) in [5, 5.41) is 2.47. The number of halogens is 4. The Morgan fingerprint density at radius 2 is 1.83 bits per heavy atom. The van der Waals surface area contributed by atoms with Crippen molar-refractivity contribution in [3.63, 3.8) is 0 Å². The molecule has 0 saturated carbocycles. The second-order valence-corrected chi connectivity index (χ2v) is 5.48. The second kappa shape index (κ2) is 6.90. The van der Waals surface area contributed by atoms with Crippen LogP contribution in [0.2, 0.25) is 0 Å². The highest BCUT2D eigenvalue weighted by Crippen LogP contribution is 2.34. The second-order valence-electron chi connectivity index (χ2n) is 5.48. The Morgan fingerprint density at radius 3 is 2.42 bits per heavy atom. The number of amides is 1. The van der Waals surface area contributed by atoms with Gasteiger partial charge in [0, 0.05) is 14.1 Å². The molecule has 0 bridgehead atoms. The molecule has 7 heteroatoms. The van der Waals surface area contributed by atoms with Crippen LogP contribution in [0.5, 0.6) is 0 Å². The van der Waals surface area contributed by atoms with Gasteiger partial charge in [-0.25, -0.2) is 4.39 Å². The molecule has 2 aromatic carbocycles. The first-order chi connectivity index (χ1) is 11.2. The number of benzene rings is 2. The zero-order valence-corrected chi connectivity index (χ0v) is 13.1. The molecule has 1 amide bonds. The van der Waals surface area contributed by atoms with E-state index in [2.05, 4.69) is 5.32 Å². The van der Waals surface area contributed by atoms with Crippen molar-refractivity contribution in [1.82, 2.24) is 0 Å². The van der Waals surface area contributed by atoms with E-state index in [9.17, 15) is 22.4 Å². The van der Waals surface area contributed by atoms with Crippen LogP contribution >= 0.6 is 0 Å². The van der Waals surface area contributed by atoms with Gasteiger partial charge >= 0.3 is 6.18 Å². The van der Waals surface area contributed by atoms with Crippen LogP contribution in [0.15, 0.2) is 42.5 Å². The lowest BCUT2D eigenvalue weighted by Crippen LogP contribution is -2.19. The average molecular weight is 340 g/mol. The van der Waals surface area contributed by atoms with Crippen molar-refractivity contribution in [2.45, 2.75) is 12.6 Å². The molecule has 24 heavy (non-hydrogen) atoms. The highest BCUT2D eigenvalue weighted by atomic mass is 19.4. The monoisotopic (exact) mass is 340 g/mol. The fraction of sp³-hybridized carbons (Fsp3) is 0.235. The number of alkyl halides is 3. The van der Waals surface area contributed by atoms with Gasteiger partial charge in [-0.15, -0.1) is 0 Å². The summed E-state index contributed by atoms with van der Waals surface area (Å²) >= 11 is 0. The van der Waals surface area contributed by atoms with Gasteiger partial charge in [0.15, 0.2) is 0 Å². The van der Waals surface area contributed by atoms with Gasteiger partial charge in [-0.1, -0.05) is 12.1 Å². The van der Waals surface area contributed by atoms with Crippen LogP contribution in [0.4, 0.5) is 28.9 Å². The Balaban J connectivity index is 2.24. The third-order valence-corrected chi connectivity index (χ3v) is 3.33. The summed E-state index contributed by atoms with van der Waals surface area (Å²) in [7, 11) is 3.32. The standard InChI is InChI=1S/C17H16F4N2O/c1-23(2)15-7-6-12(17(19,20)21)10-14(15)22-16(24)9-11-4-3-5-13(18)8-11/h3-8,10H,9H2,1-2H3,(H,22,24). The summed E-state index contributed by atoms with van der Waals surface area (Å²) in [4.78, 5) is 13.7. The largest absolute Gasteiger partial charge is 0.416 e. The molecule has 0 aliphatic heterocycles. The first-order valence-electron chi connectivity index (χ1n) is 7.09. The van der Waals surface area contributed by atoms with E-state index in [0.717, 1.165) is 12.1 Å². The zero-order valence-electron chi connectivity index (χ0n) is 13.1. The molecule has 0 saturated heterocycles. The minimum atomic E-state index is -4.51. The van der Waals surface area contributed by atoms with Crippen molar-refractivity contribution in [3.05, 3.63) is 59.4 Å². The molecule has 128 valence electrons. The maximum atomic E-state index is 13.1. The molecular weight excluding hydrogens is 324 g/mol. The van der Waals surface area contributed by atoms with Crippen LogP contribution in [-0.2, 0) is 17.4 Å². The summed E-state index contributed by atoms with van der Waals surface area (Å²) in [6, 6.07) is 8.63. The van der Waals surface area contributed by atoms with Crippen molar-refractivity contribution < 1.29 is 22.4 Å². The van der Waals surface area contributed by atoms with Crippen molar-refractivity contribution in [3.8, 4) is 0 Å². The van der Waals surface area contributed by atoms with Gasteiger partial charge in [0.1, 0.15) is 5.82 Å². The molecule has 1 N–H and O–H groups in total. The smallest absolute Gasteiger partial charge is 0.376 e. The third kappa shape index (κ3) is 4.47. The molecule has 0 fully saturated rings. The normalized spacial score (nSPS) is 11.2. The van der Waals surface area contributed by atoms with Crippen LogP contribution in [-0.4, -0.2) is 20.0 Å². The number of nitrogens with one attached hydrogen (secondary N) is 1. The Bertz CT molecular complexity index is 742. The topological polar surface area (TPSA) is 32.3 Å². The van der Waals surface area contributed by atoms with Crippen molar-refractivity contribution in [2.24, 2.45) is 0 Å². The minimum Gasteiger partial charge on any atom is -0.376 e. The van der Waals surface area contributed by atoms with Crippen LogP contribution in [0.1, 0.15) is 11.1 Å². The van der Waals surface area contributed by atoms with Crippen LogP contribution in [0.25, 0.3) is 0 Å². The van der Waals surface area contributed by atoms with Gasteiger partial charge in [0.05, 0.1) is 23.4 Å². The molecule has 0 unspecified atom stereocenters. The lowest BCUT2D eigenvalue weighted by Gasteiger charge is -2.20. The first-order valence-corrected chi connectivity index (χ1v) is 7.09. The van der Waals surface area contributed by atoms with Gasteiger partial charge in [0.25, 0.3) is 0 Å². The highest BCUT2D eigenvalue weighted by Gasteiger charge is 2.31. The molecule has 0 aliphatic carbocycles. The fourth-order valence-corrected chi connectivity index (χ4v) is 2.23. The molecule has 2 rings (SSSR count). The fourth-order valence-electron chi connectivity index (χ4n) is 2.23. The van der Waals surface area contributed by atoms with Gasteiger partial charge < -0.3 is 10.2 Å². The number of carbonyl (C=O) groups excluding carboxylic acids is 1. The molecule has 2 aromatic rings. The summed E-state index contributed by atoms with van der Waals surface area (Å²) < 4.78 is 51.7. The summed E-state index contributed by atoms with van der Waals surface area (Å²) in [5.74, 6) is -1.00. The molecule has 0 aliphatic rings. The molecule has 3 nitrogen and oxygen atoms in total. The van der Waals surface area contributed by atoms with Crippen LogP contribution in [0.3, 0.4) is 0 Å². The predicted molar refractivity (Wildman–Crippen MR) is 84.5 cm³/mol.